The van der Waals surface area contributed by atoms with E-state index >= 15 is 0 Å². The molecular formula is C18H36N3O15P3. The lowest BCUT2D eigenvalue weighted by molar-refractivity contribution is -0.0542. The van der Waals surface area contributed by atoms with Crippen LogP contribution in [0.5, 0.6) is 0 Å². The van der Waals surface area contributed by atoms with Crippen molar-refractivity contribution in [3.63, 3.8) is 0 Å². The number of nitrogens with one attached hydrogen (secondary N) is 1. The van der Waals surface area contributed by atoms with Gasteiger partial charge in [-0.05, 0) is 38.9 Å². The molecule has 228 valence electrons. The number of ether oxygens (including phenoxy) is 1. The third kappa shape index (κ3) is 13.0. The summed E-state index contributed by atoms with van der Waals surface area (Å²) in [4.78, 5) is 62.5. The summed E-state index contributed by atoms with van der Waals surface area (Å²) in [6.07, 6.45) is -1.83. The van der Waals surface area contributed by atoms with Crippen LogP contribution in [0.3, 0.4) is 0 Å². The van der Waals surface area contributed by atoms with E-state index in [9.17, 15) is 38.4 Å². The quantitative estimate of drug-likeness (QED) is 0.134. The van der Waals surface area contributed by atoms with Gasteiger partial charge in [-0.2, -0.15) is 8.62 Å². The Kier molecular flexibility index (Phi) is 14.6. The summed E-state index contributed by atoms with van der Waals surface area (Å²) >= 11 is 0. The lowest BCUT2D eigenvalue weighted by Crippen LogP contribution is -2.37. The zero-order valence-corrected chi connectivity index (χ0v) is 24.2. The van der Waals surface area contributed by atoms with Gasteiger partial charge in [0.1, 0.15) is 18.3 Å². The number of H-pyrrole nitrogens is 1. The van der Waals surface area contributed by atoms with Crippen LogP contribution in [0.2, 0.25) is 0 Å². The summed E-state index contributed by atoms with van der Waals surface area (Å²) in [5.41, 5.74) is -1.74. The van der Waals surface area contributed by atoms with Gasteiger partial charge in [0.05, 0.1) is 6.61 Å². The van der Waals surface area contributed by atoms with E-state index in [-0.39, 0.29) is 0 Å². The van der Waals surface area contributed by atoms with Gasteiger partial charge in [0.15, 0.2) is 6.23 Å². The van der Waals surface area contributed by atoms with Gasteiger partial charge < -0.3 is 39.4 Å². The predicted molar refractivity (Wildman–Crippen MR) is 134 cm³/mol. The molecule has 0 bridgehead atoms. The number of phosphoric ester groups is 1. The van der Waals surface area contributed by atoms with E-state index in [1.165, 1.54) is 38.9 Å². The van der Waals surface area contributed by atoms with Gasteiger partial charge in [0, 0.05) is 12.3 Å². The second-order valence-corrected chi connectivity index (χ2v) is 12.7. The molecule has 0 aromatic carbocycles. The number of nitrogens with zero attached hydrogens (tertiary/aromatic N) is 2. The molecule has 1 aliphatic rings. The largest absolute Gasteiger partial charge is 0.490 e. The van der Waals surface area contributed by atoms with E-state index in [0.29, 0.717) is 4.57 Å². The highest BCUT2D eigenvalue weighted by Gasteiger charge is 2.46. The van der Waals surface area contributed by atoms with Crippen LogP contribution in [0.1, 0.15) is 46.3 Å². The molecule has 1 aliphatic heterocycles. The summed E-state index contributed by atoms with van der Waals surface area (Å²) in [7, 11) is -16.8. The molecule has 1 aromatic rings. The van der Waals surface area contributed by atoms with Crippen molar-refractivity contribution in [2.24, 2.45) is 0 Å². The summed E-state index contributed by atoms with van der Waals surface area (Å²) in [5, 5.41) is 19.9. The highest BCUT2D eigenvalue weighted by atomic mass is 31.3. The van der Waals surface area contributed by atoms with Gasteiger partial charge in [-0.1, -0.05) is 20.8 Å². The third-order valence-electron chi connectivity index (χ3n) is 4.90. The van der Waals surface area contributed by atoms with Crippen molar-refractivity contribution in [3.8, 4) is 0 Å². The van der Waals surface area contributed by atoms with E-state index in [1.807, 2.05) is 4.98 Å². The zero-order chi connectivity index (χ0) is 30.0. The number of aliphatic hydroxyl groups excluding tert-OH is 2. The van der Waals surface area contributed by atoms with Gasteiger partial charge in [-0.3, -0.25) is 18.9 Å². The summed E-state index contributed by atoms with van der Waals surface area (Å²) in [6, 6.07) is 0.920. The van der Waals surface area contributed by atoms with Crippen LogP contribution < -0.4 is 11.2 Å². The molecule has 2 unspecified atom stereocenters. The highest BCUT2D eigenvalue weighted by molar-refractivity contribution is 7.66. The Hall–Kier alpha value is -1.07. The number of rotatable bonds is 14. The Labute approximate surface area is 223 Å². The molecule has 18 nitrogen and oxygen atoms in total. The first-order chi connectivity index (χ1) is 17.9. The van der Waals surface area contributed by atoms with Gasteiger partial charge in [0.25, 0.3) is 5.56 Å². The predicted octanol–water partition coefficient (Wildman–Crippen LogP) is 0.0175. The van der Waals surface area contributed by atoms with Crippen LogP contribution >= 0.6 is 23.5 Å². The first kappa shape index (κ1) is 36.0. The summed E-state index contributed by atoms with van der Waals surface area (Å²) < 4.78 is 50.6. The van der Waals surface area contributed by atoms with E-state index in [2.05, 4.69) is 38.8 Å². The number of hydrogen-bond acceptors (Lipinski definition) is 12. The van der Waals surface area contributed by atoms with Gasteiger partial charge in [-0.15, -0.1) is 0 Å². The fourth-order valence-electron chi connectivity index (χ4n) is 3.48. The summed E-state index contributed by atoms with van der Waals surface area (Å²) in [5.74, 6) is 0. The molecule has 6 atom stereocenters. The molecule has 1 saturated heterocycles. The topological polar surface area (TPSA) is 268 Å². The second-order valence-electron chi connectivity index (χ2n) is 8.29. The van der Waals surface area contributed by atoms with Crippen molar-refractivity contribution in [1.29, 1.82) is 0 Å². The van der Waals surface area contributed by atoms with Crippen LogP contribution in [-0.4, -0.2) is 88.8 Å². The first-order valence-corrected chi connectivity index (χ1v) is 16.3. The molecule has 0 spiro atoms. The molecular weight excluding hydrogens is 591 g/mol. The Morgan fingerprint density at radius 1 is 0.923 bits per heavy atom. The summed E-state index contributed by atoms with van der Waals surface area (Å²) in [6.45, 7) is 9.54. The van der Waals surface area contributed by atoms with E-state index < -0.39 is 65.9 Å². The zero-order valence-electron chi connectivity index (χ0n) is 21.5. The van der Waals surface area contributed by atoms with Crippen LogP contribution in [0.15, 0.2) is 21.9 Å². The standard InChI is InChI=1S/C9H15N2O15P3.C9H21N/c12-5-1-2-11(9(15)10-5)8-7(14)6(13)4(24-8)3-23-28(19,20)26-29(21,22)25-27(16,17)18;1-4-7-10(8-5-2)9-6-3/h1-2,4,6-8,13-14H,3H2,(H,19,20)(H,21,22)(H,10,12,15)(H2,16,17,18);4-9H2,1-3H3/t4-,6-,7-,8-;/m1./s1. The average molecular weight is 627 g/mol. The third-order valence-corrected chi connectivity index (χ3v) is 8.70. The Morgan fingerprint density at radius 3 is 1.92 bits per heavy atom. The highest BCUT2D eigenvalue weighted by Crippen LogP contribution is 2.66. The minimum Gasteiger partial charge on any atom is -0.387 e. The molecule has 0 saturated carbocycles. The van der Waals surface area contributed by atoms with Crippen molar-refractivity contribution < 1.29 is 61.4 Å². The second kappa shape index (κ2) is 15.8. The van der Waals surface area contributed by atoms with Crippen molar-refractivity contribution in [2.45, 2.75) is 64.6 Å². The Morgan fingerprint density at radius 2 is 1.46 bits per heavy atom. The van der Waals surface area contributed by atoms with E-state index in [0.717, 1.165) is 12.3 Å². The Balaban J connectivity index is 0.000000646. The maximum atomic E-state index is 11.7. The van der Waals surface area contributed by atoms with E-state index in [4.69, 9.17) is 19.4 Å². The van der Waals surface area contributed by atoms with Gasteiger partial charge >= 0.3 is 29.2 Å². The maximum Gasteiger partial charge on any atom is 0.490 e. The van der Waals surface area contributed by atoms with Crippen LogP contribution in [0.4, 0.5) is 0 Å². The molecule has 1 aromatic heterocycles. The van der Waals surface area contributed by atoms with E-state index in [1.54, 1.807) is 0 Å². The SMILES string of the molecule is CCCN(CCC)CCC.O=c1ccn([C@@H]2O[C@H](COP(=O)(O)OP(=O)(O)OP(=O)(O)O)[C@@H](O)[C@H]2O)c(=O)[nH]1. The first-order valence-electron chi connectivity index (χ1n) is 11.8. The fraction of sp³-hybridized carbons (Fsp3) is 0.778. The smallest absolute Gasteiger partial charge is 0.387 e. The number of aromatic amines is 1. The lowest BCUT2D eigenvalue weighted by Gasteiger charge is -2.19. The van der Waals surface area contributed by atoms with Crippen LogP contribution in [0, 0.1) is 0 Å². The lowest BCUT2D eigenvalue weighted by atomic mass is 10.1. The molecule has 0 amide bonds. The van der Waals surface area contributed by atoms with Crippen molar-refractivity contribution in [3.05, 3.63) is 33.1 Å². The number of aromatic nitrogens is 2. The van der Waals surface area contributed by atoms with Crippen LogP contribution in [0.25, 0.3) is 0 Å². The molecule has 2 heterocycles. The minimum atomic E-state index is -5.73. The van der Waals surface area contributed by atoms with Crippen LogP contribution in [-0.2, 0) is 31.6 Å². The molecule has 7 N–H and O–H groups in total. The number of phosphoric acid groups is 3. The Bertz CT molecular complexity index is 1140. The van der Waals surface area contributed by atoms with Crippen molar-refractivity contribution >= 4 is 23.5 Å². The van der Waals surface area contributed by atoms with Crippen molar-refractivity contribution in [1.82, 2.24) is 14.5 Å². The fourth-order valence-corrected chi connectivity index (χ4v) is 6.51. The monoisotopic (exact) mass is 627 g/mol. The number of hydrogen-bond donors (Lipinski definition) is 7. The molecule has 0 aliphatic carbocycles. The molecule has 21 heteroatoms. The molecule has 2 rings (SSSR count). The molecule has 1 fully saturated rings. The average Bonchev–Trinajstić information content (AvgIpc) is 3.05. The minimum absolute atomic E-state index is 0.708. The van der Waals surface area contributed by atoms with Crippen molar-refractivity contribution in [2.75, 3.05) is 26.2 Å². The molecule has 39 heavy (non-hydrogen) atoms. The van der Waals surface area contributed by atoms with Gasteiger partial charge in [0.2, 0.25) is 0 Å². The van der Waals surface area contributed by atoms with Gasteiger partial charge in [-0.25, -0.2) is 18.5 Å². The maximum absolute atomic E-state index is 11.7. The molecule has 0 radical (unpaired) electrons. The normalized spacial score (nSPS) is 24.6. The number of aliphatic hydroxyl groups is 2.